The molecule has 6 heteroatoms. The Morgan fingerprint density at radius 2 is 1.67 bits per heavy atom. The van der Waals surface area contributed by atoms with Gasteiger partial charge in [0.25, 0.3) is 0 Å². The number of anilines is 1. The third kappa shape index (κ3) is 4.73. The lowest BCUT2D eigenvalue weighted by Crippen LogP contribution is -2.13. The van der Waals surface area contributed by atoms with Gasteiger partial charge < -0.3 is 14.2 Å². The summed E-state index contributed by atoms with van der Waals surface area (Å²) in [5.41, 5.74) is 0.546. The molecule has 0 bridgehead atoms. The zero-order valence-electron chi connectivity index (χ0n) is 10.3. The number of benzene rings is 1. The minimum Gasteiger partial charge on any atom is -0.450 e. The van der Waals surface area contributed by atoms with Crippen LogP contribution in [-0.2, 0) is 9.47 Å². The molecular formula is C12H15NO5. The fourth-order valence-electron chi connectivity index (χ4n) is 1.13. The number of carbonyl (C=O) groups is 2. The molecule has 0 heterocycles. The normalized spacial score (nSPS) is 9.44. The first-order valence-electron chi connectivity index (χ1n) is 5.54. The molecule has 0 aliphatic heterocycles. The lowest BCUT2D eigenvalue weighted by Gasteiger charge is -2.06. The van der Waals surface area contributed by atoms with Crippen molar-refractivity contribution in [2.75, 3.05) is 18.5 Å². The standard InChI is InChI=1S/C12H15NO5/c1-3-16-11(14)13-9-5-7-10(8-6-9)18-12(15)17-4-2/h5-8H,3-4H2,1-2H3,(H,13,14). The molecule has 0 unspecified atom stereocenters. The molecule has 1 amide bonds. The number of amides is 1. The Bertz CT molecular complexity index is 362. The van der Waals surface area contributed by atoms with Crippen molar-refractivity contribution in [1.82, 2.24) is 0 Å². The van der Waals surface area contributed by atoms with Crippen molar-refractivity contribution >= 4 is 17.9 Å². The molecule has 0 saturated carbocycles. The summed E-state index contributed by atoms with van der Waals surface area (Å²) >= 11 is 0. The SMILES string of the molecule is CCOC(=O)Nc1ccc(OC(=O)OCC)cc1. The van der Waals surface area contributed by atoms with Gasteiger partial charge in [-0.3, -0.25) is 5.32 Å². The van der Waals surface area contributed by atoms with Crippen LogP contribution in [0.3, 0.4) is 0 Å². The molecule has 1 aromatic carbocycles. The van der Waals surface area contributed by atoms with Crippen molar-refractivity contribution < 1.29 is 23.8 Å². The second-order valence-corrected chi connectivity index (χ2v) is 3.15. The van der Waals surface area contributed by atoms with E-state index in [1.807, 2.05) is 0 Å². The molecular weight excluding hydrogens is 238 g/mol. The van der Waals surface area contributed by atoms with E-state index < -0.39 is 12.2 Å². The molecule has 6 nitrogen and oxygen atoms in total. The van der Waals surface area contributed by atoms with E-state index in [2.05, 4.69) is 10.1 Å². The molecule has 0 aliphatic rings. The highest BCUT2D eigenvalue weighted by atomic mass is 16.7. The van der Waals surface area contributed by atoms with Crippen LogP contribution in [-0.4, -0.2) is 25.5 Å². The highest BCUT2D eigenvalue weighted by Crippen LogP contribution is 2.16. The molecule has 0 fully saturated rings. The van der Waals surface area contributed by atoms with Crippen LogP contribution in [0.25, 0.3) is 0 Å². The summed E-state index contributed by atoms with van der Waals surface area (Å²) in [7, 11) is 0. The van der Waals surface area contributed by atoms with Crippen molar-refractivity contribution in [1.29, 1.82) is 0 Å². The molecule has 1 N–H and O–H groups in total. The first kappa shape index (κ1) is 13.8. The second kappa shape index (κ2) is 7.16. The Morgan fingerprint density at radius 1 is 1.06 bits per heavy atom. The quantitative estimate of drug-likeness (QED) is 0.659. The van der Waals surface area contributed by atoms with Gasteiger partial charge in [0.1, 0.15) is 5.75 Å². The van der Waals surface area contributed by atoms with Crippen LogP contribution in [0.1, 0.15) is 13.8 Å². The van der Waals surface area contributed by atoms with Crippen LogP contribution in [0, 0.1) is 0 Å². The highest BCUT2D eigenvalue weighted by Gasteiger charge is 2.05. The summed E-state index contributed by atoms with van der Waals surface area (Å²) in [4.78, 5) is 22.1. The first-order valence-corrected chi connectivity index (χ1v) is 5.54. The van der Waals surface area contributed by atoms with E-state index in [9.17, 15) is 9.59 Å². The monoisotopic (exact) mass is 253 g/mol. The van der Waals surface area contributed by atoms with Gasteiger partial charge in [-0.2, -0.15) is 0 Å². The molecule has 18 heavy (non-hydrogen) atoms. The van der Waals surface area contributed by atoms with E-state index in [-0.39, 0.29) is 6.61 Å². The summed E-state index contributed by atoms with van der Waals surface area (Å²) < 4.78 is 14.2. The van der Waals surface area contributed by atoms with E-state index in [1.165, 1.54) is 0 Å². The van der Waals surface area contributed by atoms with E-state index >= 15 is 0 Å². The Hall–Kier alpha value is -2.24. The van der Waals surface area contributed by atoms with Gasteiger partial charge in [0.2, 0.25) is 0 Å². The predicted molar refractivity (Wildman–Crippen MR) is 64.7 cm³/mol. The fourth-order valence-corrected chi connectivity index (χ4v) is 1.13. The summed E-state index contributed by atoms with van der Waals surface area (Å²) in [6.45, 7) is 3.96. The maximum atomic E-state index is 11.1. The van der Waals surface area contributed by atoms with Crippen molar-refractivity contribution in [2.24, 2.45) is 0 Å². The molecule has 1 aromatic rings. The lowest BCUT2D eigenvalue weighted by molar-refractivity contribution is 0.104. The van der Waals surface area contributed by atoms with Gasteiger partial charge in [-0.25, -0.2) is 9.59 Å². The Morgan fingerprint density at radius 3 is 2.22 bits per heavy atom. The molecule has 0 aromatic heterocycles. The van der Waals surface area contributed by atoms with Crippen molar-refractivity contribution in [3.63, 3.8) is 0 Å². The Labute approximate surface area is 105 Å². The predicted octanol–water partition coefficient (Wildman–Crippen LogP) is 2.79. The smallest absolute Gasteiger partial charge is 0.450 e. The van der Waals surface area contributed by atoms with Crippen LogP contribution in [0.4, 0.5) is 15.3 Å². The Kier molecular flexibility index (Phi) is 5.50. The first-order chi connectivity index (χ1) is 8.65. The minimum absolute atomic E-state index is 0.251. The Balaban J connectivity index is 2.52. The summed E-state index contributed by atoms with van der Waals surface area (Å²) in [5.74, 6) is 0.336. The summed E-state index contributed by atoms with van der Waals surface area (Å²) in [5, 5.41) is 2.52. The van der Waals surface area contributed by atoms with Crippen molar-refractivity contribution in [3.05, 3.63) is 24.3 Å². The highest BCUT2D eigenvalue weighted by molar-refractivity contribution is 5.84. The van der Waals surface area contributed by atoms with E-state index in [0.29, 0.717) is 18.0 Å². The number of nitrogens with one attached hydrogen (secondary N) is 1. The topological polar surface area (TPSA) is 73.9 Å². The van der Waals surface area contributed by atoms with Gasteiger partial charge in [0.15, 0.2) is 0 Å². The number of hydrogen-bond acceptors (Lipinski definition) is 5. The fraction of sp³-hybridized carbons (Fsp3) is 0.333. The van der Waals surface area contributed by atoms with E-state index in [0.717, 1.165) is 0 Å². The molecule has 98 valence electrons. The van der Waals surface area contributed by atoms with Gasteiger partial charge in [-0.15, -0.1) is 0 Å². The van der Waals surface area contributed by atoms with Crippen LogP contribution in [0.15, 0.2) is 24.3 Å². The molecule has 0 saturated heterocycles. The third-order valence-electron chi connectivity index (χ3n) is 1.84. The van der Waals surface area contributed by atoms with Crippen LogP contribution >= 0.6 is 0 Å². The molecule has 0 aliphatic carbocycles. The van der Waals surface area contributed by atoms with Gasteiger partial charge in [0.05, 0.1) is 13.2 Å². The zero-order valence-corrected chi connectivity index (χ0v) is 10.3. The van der Waals surface area contributed by atoms with Crippen molar-refractivity contribution in [2.45, 2.75) is 13.8 Å². The third-order valence-corrected chi connectivity index (χ3v) is 1.84. The zero-order chi connectivity index (χ0) is 13.4. The second-order valence-electron chi connectivity index (χ2n) is 3.15. The summed E-state index contributed by atoms with van der Waals surface area (Å²) in [6, 6.07) is 6.26. The molecule has 1 rings (SSSR count). The number of carbonyl (C=O) groups excluding carboxylic acids is 2. The molecule has 0 atom stereocenters. The van der Waals surface area contributed by atoms with Crippen LogP contribution in [0.2, 0.25) is 0 Å². The lowest BCUT2D eigenvalue weighted by atomic mass is 10.3. The molecule has 0 radical (unpaired) electrons. The number of rotatable bonds is 4. The van der Waals surface area contributed by atoms with Gasteiger partial charge in [-0.05, 0) is 38.1 Å². The summed E-state index contributed by atoms with van der Waals surface area (Å²) in [6.07, 6.45) is -1.29. The van der Waals surface area contributed by atoms with Crippen LogP contribution < -0.4 is 10.1 Å². The molecule has 0 spiro atoms. The number of hydrogen-bond donors (Lipinski definition) is 1. The van der Waals surface area contributed by atoms with E-state index in [1.54, 1.807) is 38.1 Å². The van der Waals surface area contributed by atoms with Gasteiger partial charge >= 0.3 is 12.2 Å². The van der Waals surface area contributed by atoms with Crippen LogP contribution in [0.5, 0.6) is 5.75 Å². The van der Waals surface area contributed by atoms with Crippen molar-refractivity contribution in [3.8, 4) is 5.75 Å². The number of ether oxygens (including phenoxy) is 3. The largest absolute Gasteiger partial charge is 0.513 e. The van der Waals surface area contributed by atoms with Gasteiger partial charge in [-0.1, -0.05) is 0 Å². The average Bonchev–Trinajstić information content (AvgIpc) is 2.32. The average molecular weight is 253 g/mol. The minimum atomic E-state index is -0.761. The maximum Gasteiger partial charge on any atom is 0.513 e. The van der Waals surface area contributed by atoms with E-state index in [4.69, 9.17) is 9.47 Å². The maximum absolute atomic E-state index is 11.1. The van der Waals surface area contributed by atoms with Gasteiger partial charge in [0, 0.05) is 5.69 Å².